The van der Waals surface area contributed by atoms with Crippen LogP contribution >= 0.6 is 0 Å². The number of hydrogen-bond donors (Lipinski definition) is 1. The molecule has 0 aromatic rings. The van der Waals surface area contributed by atoms with Crippen molar-refractivity contribution in [3.05, 3.63) is 72.9 Å². The van der Waals surface area contributed by atoms with Gasteiger partial charge in [0.15, 0.2) is 0 Å². The van der Waals surface area contributed by atoms with E-state index in [4.69, 9.17) is 5.11 Å². The molecule has 1 amide bonds. The Morgan fingerprint density at radius 3 is 1.72 bits per heavy atom. The number of amides is 1. The standard InChI is InChI=1S/C28H41NO3/c1-2-3-4-5-6-7-8-9-10-11-12-13-14-15-16-17-18-19-20-23-27(30)29-24-21-22-26(25-29)28(31)32/h3-4,6-7,9-10,12-13,15-16,18-19,26H,2,5,8,11,14,17,20-25H2,1H3,(H,31,32). The molecule has 1 fully saturated rings. The van der Waals surface area contributed by atoms with E-state index in [-0.39, 0.29) is 5.91 Å². The SMILES string of the molecule is CCC=CCC=CCC=CCC=CCC=CCC=CCCC(=O)N1CCCC(C(=O)O)C1. The topological polar surface area (TPSA) is 57.6 Å². The van der Waals surface area contributed by atoms with E-state index < -0.39 is 11.9 Å². The molecule has 1 rings (SSSR count). The number of aliphatic carboxylic acids is 1. The molecule has 4 nitrogen and oxygen atoms in total. The molecule has 1 N–H and O–H groups in total. The number of carbonyl (C=O) groups excluding carboxylic acids is 1. The highest BCUT2D eigenvalue weighted by Gasteiger charge is 2.27. The number of nitrogens with zero attached hydrogens (tertiary/aromatic N) is 1. The number of carboxylic acid groups (broad SMARTS) is 1. The first kappa shape index (κ1) is 27.4. The van der Waals surface area contributed by atoms with Crippen LogP contribution < -0.4 is 0 Å². The molecule has 0 radical (unpaired) electrons. The summed E-state index contributed by atoms with van der Waals surface area (Å²) in [5, 5.41) is 9.12. The second-order valence-corrected chi connectivity index (χ2v) is 7.97. The van der Waals surface area contributed by atoms with Gasteiger partial charge in [0, 0.05) is 19.5 Å². The van der Waals surface area contributed by atoms with Gasteiger partial charge in [0.05, 0.1) is 5.92 Å². The van der Waals surface area contributed by atoms with Crippen molar-refractivity contribution < 1.29 is 14.7 Å². The normalized spacial score (nSPS) is 17.9. The maximum absolute atomic E-state index is 12.2. The third kappa shape index (κ3) is 14.4. The number of allylic oxidation sites excluding steroid dienone is 12. The summed E-state index contributed by atoms with van der Waals surface area (Å²) >= 11 is 0. The fourth-order valence-corrected chi connectivity index (χ4v) is 3.41. The number of carbonyl (C=O) groups is 2. The van der Waals surface area contributed by atoms with Crippen LogP contribution in [0.3, 0.4) is 0 Å². The van der Waals surface area contributed by atoms with Crippen LogP contribution in [0.15, 0.2) is 72.9 Å². The Hall–Kier alpha value is -2.62. The molecular weight excluding hydrogens is 398 g/mol. The fraction of sp³-hybridized carbons (Fsp3) is 0.500. The van der Waals surface area contributed by atoms with Gasteiger partial charge in [0.1, 0.15) is 0 Å². The minimum atomic E-state index is -0.792. The van der Waals surface area contributed by atoms with Gasteiger partial charge < -0.3 is 10.0 Å². The van der Waals surface area contributed by atoms with Gasteiger partial charge in [-0.15, -0.1) is 0 Å². The van der Waals surface area contributed by atoms with Crippen LogP contribution in [0.25, 0.3) is 0 Å². The zero-order chi connectivity index (χ0) is 23.3. The minimum absolute atomic E-state index is 0.0653. The molecule has 32 heavy (non-hydrogen) atoms. The summed E-state index contributed by atoms with van der Waals surface area (Å²) in [4.78, 5) is 25.0. The smallest absolute Gasteiger partial charge is 0.308 e. The lowest BCUT2D eigenvalue weighted by Crippen LogP contribution is -2.42. The number of likely N-dealkylation sites (tertiary alicyclic amines) is 1. The zero-order valence-electron chi connectivity index (χ0n) is 19.7. The van der Waals surface area contributed by atoms with Gasteiger partial charge in [-0.3, -0.25) is 9.59 Å². The van der Waals surface area contributed by atoms with Gasteiger partial charge in [-0.2, -0.15) is 0 Å². The second kappa shape index (κ2) is 19.1. The Morgan fingerprint density at radius 1 is 0.781 bits per heavy atom. The molecule has 1 atom stereocenters. The Kier molecular flexibility index (Phi) is 16.4. The van der Waals surface area contributed by atoms with E-state index in [1.807, 2.05) is 6.08 Å². The van der Waals surface area contributed by atoms with Crippen molar-refractivity contribution in [2.24, 2.45) is 5.92 Å². The summed E-state index contributed by atoms with van der Waals surface area (Å²) in [6, 6.07) is 0. The van der Waals surface area contributed by atoms with E-state index in [2.05, 4.69) is 73.8 Å². The van der Waals surface area contributed by atoms with Crippen LogP contribution in [-0.4, -0.2) is 35.0 Å². The molecule has 0 aromatic heterocycles. The highest BCUT2D eigenvalue weighted by Crippen LogP contribution is 2.17. The van der Waals surface area contributed by atoms with Crippen LogP contribution in [0.4, 0.5) is 0 Å². The summed E-state index contributed by atoms with van der Waals surface area (Å²) < 4.78 is 0. The van der Waals surface area contributed by atoms with E-state index in [1.165, 1.54) is 0 Å². The lowest BCUT2D eigenvalue weighted by molar-refractivity contribution is -0.145. The molecule has 0 spiro atoms. The number of rotatable bonds is 15. The van der Waals surface area contributed by atoms with Gasteiger partial charge in [0.2, 0.25) is 5.91 Å². The number of piperidine rings is 1. The number of carboxylic acids is 1. The summed E-state index contributed by atoms with van der Waals surface area (Å²) in [5.41, 5.74) is 0. The molecule has 0 saturated carbocycles. The lowest BCUT2D eigenvalue weighted by atomic mass is 9.98. The van der Waals surface area contributed by atoms with E-state index >= 15 is 0 Å². The first-order chi connectivity index (χ1) is 15.6. The van der Waals surface area contributed by atoms with Crippen molar-refractivity contribution >= 4 is 11.9 Å². The van der Waals surface area contributed by atoms with Crippen LogP contribution in [-0.2, 0) is 9.59 Å². The molecule has 0 bridgehead atoms. The zero-order valence-corrected chi connectivity index (χ0v) is 19.7. The molecular formula is C28H41NO3. The van der Waals surface area contributed by atoms with Gasteiger partial charge >= 0.3 is 5.97 Å². The van der Waals surface area contributed by atoms with Crippen LogP contribution in [0.5, 0.6) is 0 Å². The predicted octanol–water partition coefficient (Wildman–Crippen LogP) is 6.79. The summed E-state index contributed by atoms with van der Waals surface area (Å²) in [5.74, 6) is -1.13. The van der Waals surface area contributed by atoms with E-state index in [9.17, 15) is 9.59 Å². The Morgan fingerprint density at radius 2 is 1.25 bits per heavy atom. The number of hydrogen-bond acceptors (Lipinski definition) is 2. The van der Waals surface area contributed by atoms with Gasteiger partial charge in [-0.1, -0.05) is 79.8 Å². The predicted molar refractivity (Wildman–Crippen MR) is 134 cm³/mol. The highest BCUT2D eigenvalue weighted by atomic mass is 16.4. The first-order valence-electron chi connectivity index (χ1n) is 12.1. The van der Waals surface area contributed by atoms with Crippen LogP contribution in [0, 0.1) is 5.92 Å². The maximum Gasteiger partial charge on any atom is 0.308 e. The van der Waals surface area contributed by atoms with Crippen molar-refractivity contribution in [3.63, 3.8) is 0 Å². The quantitative estimate of drug-likeness (QED) is 0.286. The van der Waals surface area contributed by atoms with E-state index in [0.29, 0.717) is 32.4 Å². The molecule has 1 heterocycles. The largest absolute Gasteiger partial charge is 0.481 e. The molecule has 0 aromatic carbocycles. The van der Waals surface area contributed by atoms with Crippen molar-refractivity contribution in [2.75, 3.05) is 13.1 Å². The molecule has 1 aliphatic rings. The van der Waals surface area contributed by atoms with Crippen molar-refractivity contribution in [3.8, 4) is 0 Å². The third-order valence-corrected chi connectivity index (χ3v) is 5.24. The first-order valence-corrected chi connectivity index (χ1v) is 12.1. The van der Waals surface area contributed by atoms with Gasteiger partial charge in [-0.05, 0) is 57.8 Å². The van der Waals surface area contributed by atoms with Crippen molar-refractivity contribution in [2.45, 2.75) is 71.1 Å². The Balaban J connectivity index is 2.03. The highest BCUT2D eigenvalue weighted by molar-refractivity contribution is 5.78. The average molecular weight is 440 g/mol. The van der Waals surface area contributed by atoms with Crippen LogP contribution in [0.2, 0.25) is 0 Å². The van der Waals surface area contributed by atoms with Gasteiger partial charge in [0.25, 0.3) is 0 Å². The summed E-state index contributed by atoms with van der Waals surface area (Å²) in [6.07, 6.45) is 34.5. The average Bonchev–Trinajstić information content (AvgIpc) is 2.80. The van der Waals surface area contributed by atoms with E-state index in [0.717, 1.165) is 44.9 Å². The minimum Gasteiger partial charge on any atom is -0.481 e. The second-order valence-electron chi connectivity index (χ2n) is 7.97. The monoisotopic (exact) mass is 439 g/mol. The molecule has 1 aliphatic heterocycles. The summed E-state index contributed by atoms with van der Waals surface area (Å²) in [7, 11) is 0. The van der Waals surface area contributed by atoms with Gasteiger partial charge in [-0.25, -0.2) is 0 Å². The van der Waals surface area contributed by atoms with E-state index in [1.54, 1.807) is 4.90 Å². The van der Waals surface area contributed by atoms with Crippen LogP contribution in [0.1, 0.15) is 71.1 Å². The summed E-state index contributed by atoms with van der Waals surface area (Å²) in [6.45, 7) is 3.19. The molecule has 176 valence electrons. The molecule has 4 heteroatoms. The maximum atomic E-state index is 12.2. The third-order valence-electron chi connectivity index (χ3n) is 5.24. The Labute approximate surface area is 194 Å². The molecule has 0 aliphatic carbocycles. The van der Waals surface area contributed by atoms with Crippen molar-refractivity contribution in [1.82, 2.24) is 4.90 Å². The van der Waals surface area contributed by atoms with Crippen molar-refractivity contribution in [1.29, 1.82) is 0 Å². The molecule has 1 unspecified atom stereocenters. The lowest BCUT2D eigenvalue weighted by Gasteiger charge is -2.30. The molecule has 1 saturated heterocycles. The Bertz CT molecular complexity index is 697. The fourth-order valence-electron chi connectivity index (χ4n) is 3.41.